The van der Waals surface area contributed by atoms with E-state index in [0.29, 0.717) is 17.4 Å². The zero-order valence-corrected chi connectivity index (χ0v) is 19.4. The van der Waals surface area contributed by atoms with Gasteiger partial charge in [0.1, 0.15) is 0 Å². The Morgan fingerprint density at radius 2 is 1.93 bits per heavy atom. The lowest BCUT2D eigenvalue weighted by molar-refractivity contribution is -0.142. The maximum atomic E-state index is 12.6. The van der Waals surface area contributed by atoms with E-state index < -0.39 is 0 Å². The molecule has 1 atom stereocenters. The first-order valence-electron chi connectivity index (χ1n) is 9.73. The second-order valence-electron chi connectivity index (χ2n) is 7.13. The van der Waals surface area contributed by atoms with Crippen LogP contribution in [-0.2, 0) is 20.7 Å². The number of carbonyl (C=O) groups excluding carboxylic acids is 2. The number of esters is 1. The van der Waals surface area contributed by atoms with Crippen LogP contribution in [0.2, 0.25) is 0 Å². The lowest BCUT2D eigenvalue weighted by atomic mass is 10.0. The Bertz CT molecular complexity index is 1090. The normalized spacial score (nSPS) is 12.0. The summed E-state index contributed by atoms with van der Waals surface area (Å²) in [5.74, 6) is -0.481. The lowest BCUT2D eigenvalue weighted by Crippen LogP contribution is -2.22. The second kappa shape index (κ2) is 9.57. The Kier molecular flexibility index (Phi) is 7.10. The van der Waals surface area contributed by atoms with Gasteiger partial charge in [0.05, 0.1) is 34.5 Å². The van der Waals surface area contributed by atoms with E-state index in [1.807, 2.05) is 13.0 Å². The van der Waals surface area contributed by atoms with E-state index in [4.69, 9.17) is 9.72 Å². The SMILES string of the molecule is CCOC(=O)Cc1csc(NC(=O)C(C)Sc2cc(C)c3cc(C)cc(C)c3n2)n1. The minimum atomic E-state index is -0.350. The number of amides is 1. The Morgan fingerprint density at radius 3 is 2.67 bits per heavy atom. The summed E-state index contributed by atoms with van der Waals surface area (Å²) >= 11 is 2.71. The second-order valence-corrected chi connectivity index (χ2v) is 9.35. The molecule has 1 unspecified atom stereocenters. The molecule has 3 aromatic rings. The molecule has 0 aliphatic rings. The third kappa shape index (κ3) is 5.37. The fraction of sp³-hybridized carbons (Fsp3) is 0.364. The average Bonchev–Trinajstić information content (AvgIpc) is 3.09. The number of anilines is 1. The van der Waals surface area contributed by atoms with Crippen molar-refractivity contribution in [3.8, 4) is 0 Å². The first-order valence-corrected chi connectivity index (χ1v) is 11.5. The molecule has 2 aromatic heterocycles. The van der Waals surface area contributed by atoms with Crippen molar-refractivity contribution in [3.63, 3.8) is 0 Å². The highest BCUT2D eigenvalue weighted by atomic mass is 32.2. The van der Waals surface area contributed by atoms with Crippen LogP contribution in [0.5, 0.6) is 0 Å². The van der Waals surface area contributed by atoms with E-state index in [2.05, 4.69) is 43.2 Å². The van der Waals surface area contributed by atoms with E-state index in [1.165, 1.54) is 28.7 Å². The van der Waals surface area contributed by atoms with Gasteiger partial charge in [0, 0.05) is 10.8 Å². The van der Waals surface area contributed by atoms with Gasteiger partial charge in [-0.2, -0.15) is 0 Å². The number of rotatable bonds is 7. The molecule has 0 fully saturated rings. The molecular weight excluding hydrogens is 418 g/mol. The highest BCUT2D eigenvalue weighted by Gasteiger charge is 2.18. The molecule has 1 amide bonds. The lowest BCUT2D eigenvalue weighted by Gasteiger charge is -2.13. The van der Waals surface area contributed by atoms with Gasteiger partial charge in [0.2, 0.25) is 5.91 Å². The zero-order valence-electron chi connectivity index (χ0n) is 17.7. The topological polar surface area (TPSA) is 81.2 Å². The summed E-state index contributed by atoms with van der Waals surface area (Å²) in [7, 11) is 0. The summed E-state index contributed by atoms with van der Waals surface area (Å²) in [4.78, 5) is 33.3. The fourth-order valence-electron chi connectivity index (χ4n) is 3.12. The number of aryl methyl sites for hydroxylation is 3. The fourth-order valence-corrected chi connectivity index (χ4v) is 4.75. The summed E-state index contributed by atoms with van der Waals surface area (Å²) in [5, 5.41) is 6.66. The Hall–Kier alpha value is -2.45. The number of pyridine rings is 1. The molecule has 1 aromatic carbocycles. The molecule has 0 bridgehead atoms. The van der Waals surface area contributed by atoms with Crippen molar-refractivity contribution in [2.24, 2.45) is 0 Å². The number of nitrogens with zero attached hydrogens (tertiary/aromatic N) is 2. The van der Waals surface area contributed by atoms with Gasteiger partial charge < -0.3 is 10.1 Å². The quantitative estimate of drug-likeness (QED) is 0.416. The van der Waals surface area contributed by atoms with Crippen molar-refractivity contribution in [1.82, 2.24) is 9.97 Å². The summed E-state index contributed by atoms with van der Waals surface area (Å²) < 4.78 is 4.92. The van der Waals surface area contributed by atoms with Crippen LogP contribution in [0, 0.1) is 20.8 Å². The number of fused-ring (bicyclic) bond motifs is 1. The first kappa shape index (κ1) is 22.2. The molecular formula is C22H25N3O3S2. The molecule has 6 nitrogen and oxygen atoms in total. The van der Waals surface area contributed by atoms with E-state index in [1.54, 1.807) is 12.3 Å². The monoisotopic (exact) mass is 443 g/mol. The maximum Gasteiger partial charge on any atom is 0.311 e. The van der Waals surface area contributed by atoms with Crippen LogP contribution in [-0.4, -0.2) is 33.7 Å². The number of thioether (sulfide) groups is 1. The summed E-state index contributed by atoms with van der Waals surface area (Å²) in [5.41, 5.74) is 5.05. The van der Waals surface area contributed by atoms with Gasteiger partial charge in [-0.25, -0.2) is 9.97 Å². The van der Waals surface area contributed by atoms with Gasteiger partial charge in [-0.3, -0.25) is 9.59 Å². The van der Waals surface area contributed by atoms with E-state index in [0.717, 1.165) is 27.1 Å². The third-order valence-electron chi connectivity index (χ3n) is 4.51. The summed E-state index contributed by atoms with van der Waals surface area (Å²) in [6.07, 6.45) is 0.101. The number of hydrogen-bond acceptors (Lipinski definition) is 7. The first-order chi connectivity index (χ1) is 14.3. The highest BCUT2D eigenvalue weighted by molar-refractivity contribution is 8.00. The van der Waals surface area contributed by atoms with Crippen molar-refractivity contribution < 1.29 is 14.3 Å². The predicted molar refractivity (Wildman–Crippen MR) is 122 cm³/mol. The number of carbonyl (C=O) groups is 2. The molecule has 0 saturated heterocycles. The Balaban J connectivity index is 1.67. The number of aromatic nitrogens is 2. The van der Waals surface area contributed by atoms with Crippen LogP contribution in [0.15, 0.2) is 28.6 Å². The molecule has 0 spiro atoms. The molecule has 3 rings (SSSR count). The molecule has 2 heterocycles. The molecule has 0 aliphatic heterocycles. The van der Waals surface area contributed by atoms with Crippen LogP contribution in [0.3, 0.4) is 0 Å². The molecule has 0 aliphatic carbocycles. The molecule has 158 valence electrons. The molecule has 30 heavy (non-hydrogen) atoms. The number of nitrogens with one attached hydrogen (secondary N) is 1. The standard InChI is InChI=1S/C22H25N3O3S2/c1-6-28-19(26)10-16-11-29-22(23-16)25-21(27)15(5)30-18-9-13(3)17-8-12(2)7-14(4)20(17)24-18/h7-9,11,15H,6,10H2,1-5H3,(H,23,25,27). The van der Waals surface area contributed by atoms with Crippen molar-refractivity contribution in [3.05, 3.63) is 46.0 Å². The highest BCUT2D eigenvalue weighted by Crippen LogP contribution is 2.29. The van der Waals surface area contributed by atoms with Crippen molar-refractivity contribution in [2.75, 3.05) is 11.9 Å². The van der Waals surface area contributed by atoms with Crippen molar-refractivity contribution >= 4 is 51.0 Å². The van der Waals surface area contributed by atoms with E-state index in [-0.39, 0.29) is 23.5 Å². The smallest absolute Gasteiger partial charge is 0.311 e. The van der Waals surface area contributed by atoms with Crippen LogP contribution in [0.4, 0.5) is 5.13 Å². The third-order valence-corrected chi connectivity index (χ3v) is 6.34. The molecule has 8 heteroatoms. The summed E-state index contributed by atoms with van der Waals surface area (Å²) in [6.45, 7) is 10.1. The maximum absolute atomic E-state index is 12.6. The van der Waals surface area contributed by atoms with Crippen molar-refractivity contribution in [2.45, 2.75) is 51.3 Å². The number of hydrogen-bond donors (Lipinski definition) is 1. The predicted octanol–water partition coefficient (Wildman–Crippen LogP) is 4.84. The van der Waals surface area contributed by atoms with Crippen LogP contribution >= 0.6 is 23.1 Å². The number of ether oxygens (including phenoxy) is 1. The van der Waals surface area contributed by atoms with Gasteiger partial charge in [-0.15, -0.1) is 11.3 Å². The van der Waals surface area contributed by atoms with Gasteiger partial charge in [0.15, 0.2) is 5.13 Å². The Labute approximate surface area is 184 Å². The van der Waals surface area contributed by atoms with Gasteiger partial charge >= 0.3 is 5.97 Å². The van der Waals surface area contributed by atoms with E-state index >= 15 is 0 Å². The van der Waals surface area contributed by atoms with Gasteiger partial charge in [0.25, 0.3) is 0 Å². The minimum absolute atomic E-state index is 0.101. The molecule has 0 saturated carbocycles. The zero-order chi connectivity index (χ0) is 21.8. The van der Waals surface area contributed by atoms with Crippen LogP contribution < -0.4 is 5.32 Å². The van der Waals surface area contributed by atoms with Gasteiger partial charge in [-0.1, -0.05) is 23.4 Å². The number of benzene rings is 1. The average molecular weight is 444 g/mol. The van der Waals surface area contributed by atoms with Crippen LogP contribution in [0.1, 0.15) is 36.2 Å². The summed E-state index contributed by atoms with van der Waals surface area (Å²) in [6, 6.07) is 6.29. The largest absolute Gasteiger partial charge is 0.466 e. The minimum Gasteiger partial charge on any atom is -0.466 e. The Morgan fingerprint density at radius 1 is 1.17 bits per heavy atom. The number of thiazole rings is 1. The van der Waals surface area contributed by atoms with Crippen LogP contribution in [0.25, 0.3) is 10.9 Å². The van der Waals surface area contributed by atoms with Crippen molar-refractivity contribution in [1.29, 1.82) is 0 Å². The molecule has 1 N–H and O–H groups in total. The molecule has 0 radical (unpaired) electrons. The van der Waals surface area contributed by atoms with Gasteiger partial charge in [-0.05, 0) is 57.9 Å². The van der Waals surface area contributed by atoms with E-state index in [9.17, 15) is 9.59 Å².